The van der Waals surface area contributed by atoms with E-state index in [1.165, 1.54) is 50.6 Å². The Morgan fingerprint density at radius 1 is 1.29 bits per heavy atom. The van der Waals surface area contributed by atoms with Crippen LogP contribution in [0.25, 0.3) is 0 Å². The highest BCUT2D eigenvalue weighted by atomic mass is 15.1. The maximum absolute atomic E-state index is 4.41. The van der Waals surface area contributed by atoms with Gasteiger partial charge in [0.1, 0.15) is 0 Å². The fourth-order valence-corrected chi connectivity index (χ4v) is 3.50. The third kappa shape index (κ3) is 2.01. The molecule has 1 aliphatic heterocycles. The molecule has 0 amide bonds. The number of hydrogen-bond acceptors (Lipinski definition) is 2. The second-order valence-corrected chi connectivity index (χ2v) is 5.90. The van der Waals surface area contributed by atoms with E-state index in [0.717, 1.165) is 6.54 Å². The predicted molar refractivity (Wildman–Crippen MR) is 68.9 cm³/mol. The van der Waals surface area contributed by atoms with Gasteiger partial charge in [0.05, 0.1) is 12.0 Å². The smallest absolute Gasteiger partial charge is 0.0953 e. The summed E-state index contributed by atoms with van der Waals surface area (Å²) in [6, 6.07) is 0.531. The van der Waals surface area contributed by atoms with Gasteiger partial charge in [-0.2, -0.15) is 0 Å². The lowest BCUT2D eigenvalue weighted by Gasteiger charge is -2.32. The van der Waals surface area contributed by atoms with E-state index in [1.807, 2.05) is 0 Å². The van der Waals surface area contributed by atoms with Gasteiger partial charge in [-0.3, -0.25) is 0 Å². The van der Waals surface area contributed by atoms with E-state index in [-0.39, 0.29) is 0 Å². The van der Waals surface area contributed by atoms with Crippen LogP contribution in [0.5, 0.6) is 0 Å². The summed E-state index contributed by atoms with van der Waals surface area (Å²) in [5.74, 6) is 0. The first-order chi connectivity index (χ1) is 8.30. The molecular formula is C14H23N3. The first-order valence-corrected chi connectivity index (χ1v) is 7.06. The van der Waals surface area contributed by atoms with E-state index < -0.39 is 0 Å². The highest BCUT2D eigenvalue weighted by molar-refractivity contribution is 5.10. The van der Waals surface area contributed by atoms with Gasteiger partial charge in [0.2, 0.25) is 0 Å². The number of nitrogens with zero attached hydrogens (tertiary/aromatic N) is 2. The molecule has 2 fully saturated rings. The van der Waals surface area contributed by atoms with Crippen molar-refractivity contribution in [1.82, 2.24) is 14.9 Å². The van der Waals surface area contributed by atoms with Crippen LogP contribution in [0.2, 0.25) is 0 Å². The summed E-state index contributed by atoms with van der Waals surface area (Å²) in [7, 11) is 0. The molecule has 1 saturated heterocycles. The summed E-state index contributed by atoms with van der Waals surface area (Å²) >= 11 is 0. The number of hydrogen-bond donors (Lipinski definition) is 1. The van der Waals surface area contributed by atoms with E-state index in [1.54, 1.807) is 0 Å². The van der Waals surface area contributed by atoms with Crippen LogP contribution in [0, 0.1) is 0 Å². The molecule has 0 bridgehead atoms. The van der Waals surface area contributed by atoms with Gasteiger partial charge in [0.15, 0.2) is 0 Å². The van der Waals surface area contributed by atoms with Crippen LogP contribution < -0.4 is 5.32 Å². The van der Waals surface area contributed by atoms with Crippen molar-refractivity contribution >= 4 is 0 Å². The Hall–Kier alpha value is -0.830. The normalized spacial score (nSPS) is 28.4. The Labute approximate surface area is 104 Å². The molecule has 0 radical (unpaired) electrons. The van der Waals surface area contributed by atoms with Crippen LogP contribution in [0.1, 0.15) is 63.6 Å². The molecular weight excluding hydrogens is 210 g/mol. The topological polar surface area (TPSA) is 29.9 Å². The van der Waals surface area contributed by atoms with Crippen molar-refractivity contribution in [3.05, 3.63) is 18.2 Å². The van der Waals surface area contributed by atoms with E-state index >= 15 is 0 Å². The molecule has 3 nitrogen and oxygen atoms in total. The average Bonchev–Trinajstić information content (AvgIpc) is 2.99. The van der Waals surface area contributed by atoms with E-state index in [9.17, 15) is 0 Å². The van der Waals surface area contributed by atoms with Crippen LogP contribution in [-0.4, -0.2) is 16.1 Å². The number of rotatable bonds is 2. The Balaban J connectivity index is 1.87. The third-order valence-electron chi connectivity index (χ3n) is 4.60. The summed E-state index contributed by atoms with van der Waals surface area (Å²) in [6.45, 7) is 3.56. The molecule has 1 aromatic heterocycles. The lowest BCUT2D eigenvalue weighted by Crippen LogP contribution is -2.33. The molecule has 2 aliphatic rings. The first kappa shape index (κ1) is 11.3. The van der Waals surface area contributed by atoms with Gasteiger partial charge < -0.3 is 9.88 Å². The lowest BCUT2D eigenvalue weighted by atomic mass is 9.97. The maximum Gasteiger partial charge on any atom is 0.0953 e. The van der Waals surface area contributed by atoms with E-state index in [2.05, 4.69) is 34.3 Å². The van der Waals surface area contributed by atoms with Gasteiger partial charge in [0.25, 0.3) is 0 Å². The Morgan fingerprint density at radius 3 is 2.82 bits per heavy atom. The minimum absolute atomic E-state index is 0.324. The largest absolute Gasteiger partial charge is 0.327 e. The summed E-state index contributed by atoms with van der Waals surface area (Å²) in [6.07, 6.45) is 13.4. The minimum Gasteiger partial charge on any atom is -0.327 e. The number of imidazole rings is 1. The van der Waals surface area contributed by atoms with E-state index in [4.69, 9.17) is 0 Å². The quantitative estimate of drug-likeness (QED) is 0.851. The van der Waals surface area contributed by atoms with Crippen molar-refractivity contribution in [2.75, 3.05) is 6.54 Å². The van der Waals surface area contributed by atoms with Crippen molar-refractivity contribution in [2.45, 2.75) is 63.5 Å². The molecule has 2 heterocycles. The molecule has 17 heavy (non-hydrogen) atoms. The highest BCUT2D eigenvalue weighted by Crippen LogP contribution is 2.38. The van der Waals surface area contributed by atoms with Gasteiger partial charge >= 0.3 is 0 Å². The zero-order chi connectivity index (χ0) is 11.7. The molecule has 0 spiro atoms. The Morgan fingerprint density at radius 2 is 2.12 bits per heavy atom. The Kier molecular flexibility index (Phi) is 2.95. The van der Waals surface area contributed by atoms with Gasteiger partial charge in [-0.1, -0.05) is 19.3 Å². The molecule has 1 saturated carbocycles. The maximum atomic E-state index is 4.41. The second-order valence-electron chi connectivity index (χ2n) is 5.90. The van der Waals surface area contributed by atoms with Crippen LogP contribution in [0.3, 0.4) is 0 Å². The van der Waals surface area contributed by atoms with Gasteiger partial charge in [0, 0.05) is 17.8 Å². The molecule has 1 aromatic rings. The number of piperidine rings is 1. The SMILES string of the molecule is CC1(n2cncc2C2CCCCN2)CCCC1. The minimum atomic E-state index is 0.324. The molecule has 94 valence electrons. The zero-order valence-corrected chi connectivity index (χ0v) is 10.8. The average molecular weight is 233 g/mol. The second kappa shape index (κ2) is 4.45. The van der Waals surface area contributed by atoms with Crippen molar-refractivity contribution in [3.63, 3.8) is 0 Å². The standard InChI is InChI=1S/C14H23N3/c1-14(7-3-4-8-14)17-11-15-10-13(17)12-6-2-5-9-16-12/h10-12,16H,2-9H2,1H3. The number of nitrogens with one attached hydrogen (secondary N) is 1. The van der Waals surface area contributed by atoms with Crippen LogP contribution in [-0.2, 0) is 5.54 Å². The summed E-state index contributed by atoms with van der Waals surface area (Å²) in [5, 5.41) is 3.64. The van der Waals surface area contributed by atoms with Crippen molar-refractivity contribution in [1.29, 1.82) is 0 Å². The molecule has 0 aromatic carbocycles. The van der Waals surface area contributed by atoms with Crippen LogP contribution in [0.15, 0.2) is 12.5 Å². The monoisotopic (exact) mass is 233 g/mol. The Bertz CT molecular complexity index is 371. The fraction of sp³-hybridized carbons (Fsp3) is 0.786. The molecule has 1 atom stereocenters. The molecule has 1 unspecified atom stereocenters. The van der Waals surface area contributed by atoms with Crippen molar-refractivity contribution in [2.24, 2.45) is 0 Å². The molecule has 1 N–H and O–H groups in total. The van der Waals surface area contributed by atoms with Gasteiger partial charge in [-0.05, 0) is 39.2 Å². The van der Waals surface area contributed by atoms with Crippen LogP contribution >= 0.6 is 0 Å². The number of aromatic nitrogens is 2. The predicted octanol–water partition coefficient (Wildman–Crippen LogP) is 2.99. The van der Waals surface area contributed by atoms with E-state index in [0.29, 0.717) is 11.6 Å². The van der Waals surface area contributed by atoms with Gasteiger partial charge in [-0.15, -0.1) is 0 Å². The summed E-state index contributed by atoms with van der Waals surface area (Å²) < 4.78 is 2.46. The lowest BCUT2D eigenvalue weighted by molar-refractivity contribution is 0.296. The molecule has 3 rings (SSSR count). The fourth-order valence-electron chi connectivity index (χ4n) is 3.50. The molecule has 3 heteroatoms. The van der Waals surface area contributed by atoms with Gasteiger partial charge in [-0.25, -0.2) is 4.98 Å². The summed E-state index contributed by atoms with van der Waals surface area (Å²) in [5.41, 5.74) is 1.74. The summed E-state index contributed by atoms with van der Waals surface area (Å²) in [4.78, 5) is 4.41. The van der Waals surface area contributed by atoms with Crippen molar-refractivity contribution < 1.29 is 0 Å². The van der Waals surface area contributed by atoms with Crippen molar-refractivity contribution in [3.8, 4) is 0 Å². The zero-order valence-electron chi connectivity index (χ0n) is 10.8. The third-order valence-corrected chi connectivity index (χ3v) is 4.60. The van der Waals surface area contributed by atoms with Crippen LogP contribution in [0.4, 0.5) is 0 Å². The highest BCUT2D eigenvalue weighted by Gasteiger charge is 2.33. The molecule has 1 aliphatic carbocycles. The first-order valence-electron chi connectivity index (χ1n) is 7.06.